The number of rotatable bonds is 3. The van der Waals surface area contributed by atoms with E-state index in [0.29, 0.717) is 21.6 Å². The van der Waals surface area contributed by atoms with Crippen LogP contribution in [0.25, 0.3) is 11.0 Å². The van der Waals surface area contributed by atoms with Crippen LogP contribution < -0.4 is 5.32 Å². The van der Waals surface area contributed by atoms with Crippen LogP contribution in [-0.4, -0.2) is 14.8 Å². The van der Waals surface area contributed by atoms with Crippen LogP contribution in [0.4, 0.5) is 5.69 Å². The van der Waals surface area contributed by atoms with E-state index in [-0.39, 0.29) is 0 Å². The van der Waals surface area contributed by atoms with Crippen LogP contribution in [-0.2, 0) is 0 Å². The molecule has 2 aromatic rings. The summed E-state index contributed by atoms with van der Waals surface area (Å²) in [6.07, 6.45) is 1.01. The highest BCUT2D eigenvalue weighted by atomic mass is 35.5. The van der Waals surface area contributed by atoms with E-state index in [1.54, 1.807) is 6.07 Å². The molecule has 0 radical (unpaired) electrons. The molecule has 0 aliphatic rings. The second-order valence-electron chi connectivity index (χ2n) is 3.63. The van der Waals surface area contributed by atoms with Crippen molar-refractivity contribution in [2.45, 2.75) is 26.3 Å². The van der Waals surface area contributed by atoms with Crippen LogP contribution in [0.2, 0.25) is 10.0 Å². The summed E-state index contributed by atoms with van der Waals surface area (Å²) in [4.78, 5) is 0. The van der Waals surface area contributed by atoms with E-state index in [4.69, 9.17) is 23.2 Å². The van der Waals surface area contributed by atoms with E-state index in [0.717, 1.165) is 29.4 Å². The predicted octanol–water partition coefficient (Wildman–Crippen LogP) is 4.21. The summed E-state index contributed by atoms with van der Waals surface area (Å²) in [6.45, 7) is 4.20. The van der Waals surface area contributed by atoms with Gasteiger partial charge in [-0.15, -0.1) is 0 Å². The summed E-state index contributed by atoms with van der Waals surface area (Å²) in [5, 5.41) is 4.46. The molecule has 0 saturated carbocycles. The zero-order valence-electron chi connectivity index (χ0n) is 8.92. The van der Waals surface area contributed by atoms with Crippen molar-refractivity contribution in [1.29, 1.82) is 0 Å². The van der Waals surface area contributed by atoms with Gasteiger partial charge in [0.25, 0.3) is 0 Å². The molecule has 3 nitrogen and oxygen atoms in total. The first-order valence-corrected chi connectivity index (χ1v) is 6.49. The zero-order valence-corrected chi connectivity index (χ0v) is 11.2. The number of hydrogen-bond donors (Lipinski definition) is 1. The number of halogens is 2. The first kappa shape index (κ1) is 11.9. The van der Waals surface area contributed by atoms with E-state index in [9.17, 15) is 0 Å². The minimum absolute atomic E-state index is 0.337. The van der Waals surface area contributed by atoms with E-state index in [1.165, 1.54) is 0 Å². The first-order valence-electron chi connectivity index (χ1n) is 5.00. The van der Waals surface area contributed by atoms with E-state index in [1.807, 2.05) is 0 Å². The maximum atomic E-state index is 6.16. The summed E-state index contributed by atoms with van der Waals surface area (Å²) in [5.41, 5.74) is 2.29. The molecule has 1 unspecified atom stereocenters. The van der Waals surface area contributed by atoms with Crippen LogP contribution in [0.15, 0.2) is 6.07 Å². The number of benzene rings is 1. The first-order chi connectivity index (χ1) is 7.63. The molecule has 16 heavy (non-hydrogen) atoms. The lowest BCUT2D eigenvalue weighted by Crippen LogP contribution is -2.14. The molecule has 1 heterocycles. The standard InChI is InChI=1S/C10H11Cl2N3S/c1-3-5(2)13-8-6(11)4-7(12)9-10(8)15-16-14-9/h4-5,13H,3H2,1-2H3. The Morgan fingerprint density at radius 1 is 1.31 bits per heavy atom. The van der Waals surface area contributed by atoms with Crippen LogP contribution in [0, 0.1) is 0 Å². The summed E-state index contributed by atoms with van der Waals surface area (Å²) >= 11 is 13.3. The van der Waals surface area contributed by atoms with Crippen molar-refractivity contribution in [1.82, 2.24) is 8.75 Å². The quantitative estimate of drug-likeness (QED) is 0.912. The maximum absolute atomic E-state index is 6.16. The van der Waals surface area contributed by atoms with Crippen molar-refractivity contribution in [3.05, 3.63) is 16.1 Å². The number of nitrogens with one attached hydrogen (secondary N) is 1. The van der Waals surface area contributed by atoms with Gasteiger partial charge in [-0.25, -0.2) is 0 Å². The van der Waals surface area contributed by atoms with Gasteiger partial charge < -0.3 is 5.32 Å². The fourth-order valence-corrected chi connectivity index (χ4v) is 2.53. The summed E-state index contributed by atoms with van der Waals surface area (Å²) in [6, 6.07) is 2.04. The Labute approximate surface area is 108 Å². The van der Waals surface area contributed by atoms with Gasteiger partial charge in [-0.2, -0.15) is 8.75 Å². The Morgan fingerprint density at radius 2 is 2.00 bits per heavy atom. The van der Waals surface area contributed by atoms with Gasteiger partial charge in [0, 0.05) is 6.04 Å². The van der Waals surface area contributed by atoms with Crippen molar-refractivity contribution in [3.8, 4) is 0 Å². The normalized spacial score (nSPS) is 13.0. The van der Waals surface area contributed by atoms with Gasteiger partial charge >= 0.3 is 0 Å². The zero-order chi connectivity index (χ0) is 11.7. The topological polar surface area (TPSA) is 37.8 Å². The molecule has 1 N–H and O–H groups in total. The largest absolute Gasteiger partial charge is 0.380 e. The minimum Gasteiger partial charge on any atom is -0.380 e. The molecule has 0 aliphatic heterocycles. The lowest BCUT2D eigenvalue weighted by molar-refractivity contribution is 0.765. The predicted molar refractivity (Wildman–Crippen MR) is 70.8 cm³/mol. The minimum atomic E-state index is 0.337. The summed E-state index contributed by atoms with van der Waals surface area (Å²) in [5.74, 6) is 0. The lowest BCUT2D eigenvalue weighted by atomic mass is 10.2. The molecule has 1 aromatic carbocycles. The van der Waals surface area contributed by atoms with Gasteiger partial charge in [0.2, 0.25) is 0 Å². The van der Waals surface area contributed by atoms with Gasteiger partial charge in [-0.3, -0.25) is 0 Å². The van der Waals surface area contributed by atoms with Crippen LogP contribution in [0.5, 0.6) is 0 Å². The monoisotopic (exact) mass is 275 g/mol. The molecule has 0 bridgehead atoms. The average molecular weight is 276 g/mol. The molecule has 0 spiro atoms. The second kappa shape index (κ2) is 4.73. The number of anilines is 1. The average Bonchev–Trinajstić information content (AvgIpc) is 2.73. The number of fused-ring (bicyclic) bond motifs is 1. The third-order valence-corrected chi connectivity index (χ3v) is 3.56. The summed E-state index contributed by atoms with van der Waals surface area (Å²) in [7, 11) is 0. The lowest BCUT2D eigenvalue weighted by Gasteiger charge is -2.14. The Kier molecular flexibility index (Phi) is 3.52. The van der Waals surface area contributed by atoms with E-state index >= 15 is 0 Å². The van der Waals surface area contributed by atoms with Crippen LogP contribution >= 0.6 is 34.9 Å². The summed E-state index contributed by atoms with van der Waals surface area (Å²) < 4.78 is 8.38. The van der Waals surface area contributed by atoms with Crippen molar-refractivity contribution in [2.75, 3.05) is 5.32 Å². The van der Waals surface area contributed by atoms with E-state index in [2.05, 4.69) is 27.9 Å². The molecule has 0 amide bonds. The van der Waals surface area contributed by atoms with Gasteiger partial charge in [0.1, 0.15) is 11.0 Å². The Bertz CT molecular complexity index is 512. The number of hydrogen-bond acceptors (Lipinski definition) is 4. The van der Waals surface area contributed by atoms with Crippen molar-refractivity contribution < 1.29 is 0 Å². The molecule has 0 saturated heterocycles. The smallest absolute Gasteiger partial charge is 0.130 e. The second-order valence-corrected chi connectivity index (χ2v) is 4.97. The van der Waals surface area contributed by atoms with Gasteiger partial charge in [0.15, 0.2) is 0 Å². The molecule has 0 aliphatic carbocycles. The Hall–Kier alpha value is -0.580. The van der Waals surface area contributed by atoms with Crippen LogP contribution in [0.3, 0.4) is 0 Å². The third-order valence-electron chi connectivity index (χ3n) is 2.45. The molecular formula is C10H11Cl2N3S. The highest BCUT2D eigenvalue weighted by molar-refractivity contribution is 7.00. The third kappa shape index (κ3) is 2.10. The van der Waals surface area contributed by atoms with Crippen molar-refractivity contribution >= 4 is 51.7 Å². The van der Waals surface area contributed by atoms with Crippen molar-refractivity contribution in [2.24, 2.45) is 0 Å². The number of nitrogens with zero attached hydrogens (tertiary/aromatic N) is 2. The fraction of sp³-hybridized carbons (Fsp3) is 0.400. The molecule has 86 valence electrons. The highest BCUT2D eigenvalue weighted by Crippen LogP contribution is 2.35. The van der Waals surface area contributed by atoms with E-state index < -0.39 is 0 Å². The molecule has 1 aromatic heterocycles. The Morgan fingerprint density at radius 3 is 2.69 bits per heavy atom. The van der Waals surface area contributed by atoms with Gasteiger partial charge in [0.05, 0.1) is 27.5 Å². The van der Waals surface area contributed by atoms with Gasteiger partial charge in [-0.05, 0) is 19.4 Å². The molecule has 0 fully saturated rings. The molecule has 6 heteroatoms. The highest BCUT2D eigenvalue weighted by Gasteiger charge is 2.14. The Balaban J connectivity index is 2.54. The maximum Gasteiger partial charge on any atom is 0.130 e. The van der Waals surface area contributed by atoms with Gasteiger partial charge in [-0.1, -0.05) is 30.1 Å². The molecular weight excluding hydrogens is 265 g/mol. The van der Waals surface area contributed by atoms with Crippen molar-refractivity contribution in [3.63, 3.8) is 0 Å². The van der Waals surface area contributed by atoms with Crippen LogP contribution in [0.1, 0.15) is 20.3 Å². The SMILES string of the molecule is CCC(C)Nc1c(Cl)cc(Cl)c2nsnc12. The molecule has 2 rings (SSSR count). The number of aromatic nitrogens is 2. The fourth-order valence-electron chi connectivity index (χ4n) is 1.36. The molecule has 1 atom stereocenters.